The molecule has 0 bridgehead atoms. The number of carbonyl (C=O) groups excluding carboxylic acids is 1. The van der Waals surface area contributed by atoms with Gasteiger partial charge in [-0.1, -0.05) is 36.4 Å². The average Bonchev–Trinajstić information content (AvgIpc) is 3.22. The molecule has 3 N–H and O–H groups in total. The highest BCUT2D eigenvalue weighted by Crippen LogP contribution is 2.31. The molecule has 1 fully saturated rings. The van der Waals surface area contributed by atoms with Crippen molar-refractivity contribution in [2.75, 3.05) is 13.7 Å². The third kappa shape index (κ3) is 5.03. The fourth-order valence-corrected chi connectivity index (χ4v) is 3.27. The Morgan fingerprint density at radius 3 is 2.68 bits per heavy atom. The maximum Gasteiger partial charge on any atom is 0.249 e. The normalized spacial score (nSPS) is 19.8. The third-order valence-electron chi connectivity index (χ3n) is 4.95. The van der Waals surface area contributed by atoms with Crippen LogP contribution in [-0.2, 0) is 16.1 Å². The molecule has 28 heavy (non-hydrogen) atoms. The zero-order valence-electron chi connectivity index (χ0n) is 16.4. The molecule has 0 radical (unpaired) electrons. The van der Waals surface area contributed by atoms with E-state index in [9.17, 15) is 4.79 Å². The Hall–Kier alpha value is -2.57. The van der Waals surface area contributed by atoms with Gasteiger partial charge in [0, 0.05) is 6.54 Å². The highest BCUT2D eigenvalue weighted by atomic mass is 16.5. The van der Waals surface area contributed by atoms with Crippen molar-refractivity contribution >= 4 is 5.91 Å². The smallest absolute Gasteiger partial charge is 0.249 e. The average molecular weight is 384 g/mol. The van der Waals surface area contributed by atoms with Crippen LogP contribution in [0.4, 0.5) is 0 Å². The summed E-state index contributed by atoms with van der Waals surface area (Å²) in [5.41, 5.74) is 7.63. The number of carbonyl (C=O) groups is 1. The number of amides is 1. The van der Waals surface area contributed by atoms with Gasteiger partial charge >= 0.3 is 0 Å². The number of benzene rings is 2. The van der Waals surface area contributed by atoms with Crippen molar-refractivity contribution in [3.05, 3.63) is 59.7 Å². The second kappa shape index (κ2) is 9.57. The molecule has 1 amide bonds. The first kappa shape index (κ1) is 20.2. The van der Waals surface area contributed by atoms with Crippen LogP contribution in [0.5, 0.6) is 11.5 Å². The lowest BCUT2D eigenvalue weighted by molar-refractivity contribution is -0.132. The van der Waals surface area contributed by atoms with E-state index in [2.05, 4.69) is 5.32 Å². The Morgan fingerprint density at radius 2 is 2.00 bits per heavy atom. The number of nitrogens with two attached hydrogens (primary N) is 1. The molecule has 1 aliphatic heterocycles. The predicted octanol–water partition coefficient (Wildman–Crippen LogP) is 2.96. The minimum atomic E-state index is -0.425. The van der Waals surface area contributed by atoms with Crippen LogP contribution in [0.3, 0.4) is 0 Å². The van der Waals surface area contributed by atoms with Crippen molar-refractivity contribution in [2.24, 2.45) is 5.73 Å². The van der Waals surface area contributed by atoms with Gasteiger partial charge in [0.25, 0.3) is 0 Å². The van der Waals surface area contributed by atoms with Crippen LogP contribution in [0.15, 0.2) is 48.5 Å². The van der Waals surface area contributed by atoms with Crippen LogP contribution in [0.2, 0.25) is 0 Å². The zero-order chi connectivity index (χ0) is 19.9. The van der Waals surface area contributed by atoms with Gasteiger partial charge in [-0.15, -0.1) is 0 Å². The molecule has 0 saturated carbocycles. The molecule has 3 rings (SSSR count). The molecule has 2 aromatic rings. The summed E-state index contributed by atoms with van der Waals surface area (Å²) in [4.78, 5) is 12.4. The molecule has 1 saturated heterocycles. The van der Waals surface area contributed by atoms with Crippen LogP contribution in [-0.4, -0.2) is 31.8 Å². The maximum atomic E-state index is 12.4. The number of ether oxygens (including phenoxy) is 3. The number of methoxy groups -OCH3 is 1. The van der Waals surface area contributed by atoms with Crippen LogP contribution in [0.1, 0.15) is 36.9 Å². The van der Waals surface area contributed by atoms with E-state index >= 15 is 0 Å². The van der Waals surface area contributed by atoms with Gasteiger partial charge in [-0.25, -0.2) is 0 Å². The van der Waals surface area contributed by atoms with E-state index in [4.69, 9.17) is 19.9 Å². The molecule has 1 heterocycles. The molecular weight excluding hydrogens is 356 g/mol. The first-order valence-corrected chi connectivity index (χ1v) is 9.61. The molecule has 1 aliphatic rings. The van der Waals surface area contributed by atoms with Gasteiger partial charge in [0.15, 0.2) is 11.5 Å². The zero-order valence-corrected chi connectivity index (χ0v) is 16.4. The van der Waals surface area contributed by atoms with Gasteiger partial charge in [-0.05, 0) is 43.0 Å². The molecule has 0 aromatic heterocycles. The van der Waals surface area contributed by atoms with Gasteiger partial charge in [0.1, 0.15) is 12.7 Å². The van der Waals surface area contributed by atoms with E-state index in [1.807, 2.05) is 55.5 Å². The second-order valence-electron chi connectivity index (χ2n) is 6.97. The van der Waals surface area contributed by atoms with Crippen molar-refractivity contribution in [1.29, 1.82) is 0 Å². The molecule has 6 heteroatoms. The lowest BCUT2D eigenvalue weighted by atomic mass is 10.1. The lowest BCUT2D eigenvalue weighted by Crippen LogP contribution is -2.37. The molecule has 150 valence electrons. The van der Waals surface area contributed by atoms with Crippen LogP contribution in [0, 0.1) is 0 Å². The van der Waals surface area contributed by atoms with E-state index in [0.29, 0.717) is 31.1 Å². The predicted molar refractivity (Wildman–Crippen MR) is 107 cm³/mol. The number of nitrogens with one attached hydrogen (secondary N) is 1. The summed E-state index contributed by atoms with van der Waals surface area (Å²) in [5.74, 6) is 1.19. The van der Waals surface area contributed by atoms with Crippen LogP contribution < -0.4 is 20.5 Å². The second-order valence-corrected chi connectivity index (χ2v) is 6.97. The van der Waals surface area contributed by atoms with E-state index in [-0.39, 0.29) is 18.1 Å². The Bertz CT molecular complexity index is 781. The van der Waals surface area contributed by atoms with E-state index in [0.717, 1.165) is 17.5 Å². The first-order valence-electron chi connectivity index (χ1n) is 9.61. The summed E-state index contributed by atoms with van der Waals surface area (Å²) in [5, 5.41) is 3.01. The molecule has 2 aromatic carbocycles. The molecule has 0 spiro atoms. The summed E-state index contributed by atoms with van der Waals surface area (Å²) in [6.45, 7) is 2.84. The highest BCUT2D eigenvalue weighted by molar-refractivity contribution is 5.81. The van der Waals surface area contributed by atoms with Gasteiger partial charge < -0.3 is 25.3 Å². The Labute approximate surface area is 166 Å². The topological polar surface area (TPSA) is 82.8 Å². The lowest BCUT2D eigenvalue weighted by Gasteiger charge is -2.19. The van der Waals surface area contributed by atoms with Crippen molar-refractivity contribution in [3.63, 3.8) is 0 Å². The SMILES string of the molecule is COc1cc(C(C)NC(=O)[C@@H]2CC[C@H](CN)O2)ccc1OCc1ccccc1. The molecule has 6 nitrogen and oxygen atoms in total. The van der Waals surface area contributed by atoms with Gasteiger partial charge in [0.2, 0.25) is 5.91 Å². The van der Waals surface area contributed by atoms with Crippen molar-refractivity contribution in [2.45, 2.75) is 44.6 Å². The highest BCUT2D eigenvalue weighted by Gasteiger charge is 2.30. The van der Waals surface area contributed by atoms with Crippen LogP contribution in [0.25, 0.3) is 0 Å². The summed E-state index contributed by atoms with van der Waals surface area (Å²) in [7, 11) is 1.61. The van der Waals surface area contributed by atoms with Crippen LogP contribution >= 0.6 is 0 Å². The van der Waals surface area contributed by atoms with E-state index in [1.165, 1.54) is 0 Å². The molecule has 3 atom stereocenters. The molecule has 1 unspecified atom stereocenters. The van der Waals surface area contributed by atoms with Crippen molar-refractivity contribution in [1.82, 2.24) is 5.32 Å². The van der Waals surface area contributed by atoms with E-state index < -0.39 is 6.10 Å². The summed E-state index contributed by atoms with van der Waals surface area (Å²) < 4.78 is 17.0. The van der Waals surface area contributed by atoms with Crippen molar-refractivity contribution < 1.29 is 19.0 Å². The summed E-state index contributed by atoms with van der Waals surface area (Å²) >= 11 is 0. The Balaban J connectivity index is 1.61. The summed E-state index contributed by atoms with van der Waals surface area (Å²) in [6.07, 6.45) is 1.08. The third-order valence-corrected chi connectivity index (χ3v) is 4.95. The monoisotopic (exact) mass is 384 g/mol. The molecular formula is C22H28N2O4. The Morgan fingerprint density at radius 1 is 1.21 bits per heavy atom. The van der Waals surface area contributed by atoms with Gasteiger partial charge in [-0.2, -0.15) is 0 Å². The Kier molecular flexibility index (Phi) is 6.90. The number of hydrogen-bond donors (Lipinski definition) is 2. The van der Waals surface area contributed by atoms with Crippen molar-refractivity contribution in [3.8, 4) is 11.5 Å². The minimum absolute atomic E-state index is 0.0211. The largest absolute Gasteiger partial charge is 0.493 e. The maximum absolute atomic E-state index is 12.4. The summed E-state index contributed by atoms with van der Waals surface area (Å²) in [6, 6.07) is 15.5. The van der Waals surface area contributed by atoms with Gasteiger partial charge in [0.05, 0.1) is 19.3 Å². The first-order chi connectivity index (χ1) is 13.6. The quantitative estimate of drug-likeness (QED) is 0.731. The minimum Gasteiger partial charge on any atom is -0.493 e. The fourth-order valence-electron chi connectivity index (χ4n) is 3.27. The molecule has 0 aliphatic carbocycles. The van der Waals surface area contributed by atoms with E-state index in [1.54, 1.807) is 7.11 Å². The van der Waals surface area contributed by atoms with Gasteiger partial charge in [-0.3, -0.25) is 4.79 Å². The standard InChI is InChI=1S/C22H28N2O4/c1-15(24-22(25)20-11-9-18(13-23)28-20)17-8-10-19(21(12-17)26-2)27-14-16-6-4-3-5-7-16/h3-8,10,12,15,18,20H,9,11,13-14,23H2,1-2H3,(H,24,25)/t15?,18-,20+/m1/s1. The fraction of sp³-hybridized carbons (Fsp3) is 0.409. The number of rotatable bonds is 8. The number of hydrogen-bond acceptors (Lipinski definition) is 5.